The number of nitrogens with two attached hydrogens (primary N) is 1. The average molecular weight is 262 g/mol. The van der Waals surface area contributed by atoms with Crippen LogP contribution in [-0.2, 0) is 0 Å². The lowest BCUT2D eigenvalue weighted by Gasteiger charge is -2.17. The van der Waals surface area contributed by atoms with Crippen LogP contribution in [0.25, 0.3) is 0 Å². The van der Waals surface area contributed by atoms with Gasteiger partial charge in [-0.3, -0.25) is 0 Å². The van der Waals surface area contributed by atoms with Gasteiger partial charge in [-0.1, -0.05) is 0 Å². The van der Waals surface area contributed by atoms with E-state index in [1.807, 2.05) is 25.1 Å². The van der Waals surface area contributed by atoms with E-state index in [9.17, 15) is 0 Å². The molecule has 0 radical (unpaired) electrons. The van der Waals surface area contributed by atoms with Gasteiger partial charge in [0, 0.05) is 12.1 Å². The predicted molar refractivity (Wildman–Crippen MR) is 74.7 cm³/mol. The molecule has 1 atom stereocenters. The van der Waals surface area contributed by atoms with Gasteiger partial charge in [-0.2, -0.15) is 0 Å². The summed E-state index contributed by atoms with van der Waals surface area (Å²) >= 11 is 0. The van der Waals surface area contributed by atoms with Crippen LogP contribution < -0.4 is 20.5 Å². The third kappa shape index (κ3) is 2.76. The minimum absolute atomic E-state index is 0.00963. The summed E-state index contributed by atoms with van der Waals surface area (Å²) < 4.78 is 15.8. The number of hydrogen-bond acceptors (Lipinski definition) is 5. The first-order valence-corrected chi connectivity index (χ1v) is 5.97. The van der Waals surface area contributed by atoms with Crippen molar-refractivity contribution >= 4 is 11.4 Å². The molecular formula is C14H18N2O3. The van der Waals surface area contributed by atoms with Gasteiger partial charge in [0.25, 0.3) is 0 Å². The zero-order chi connectivity index (χ0) is 13.8. The number of nitrogens with one attached hydrogen (secondary N) is 1. The van der Waals surface area contributed by atoms with Crippen molar-refractivity contribution in [3.63, 3.8) is 0 Å². The van der Waals surface area contributed by atoms with E-state index in [1.54, 1.807) is 26.5 Å². The molecule has 0 aliphatic carbocycles. The number of furan rings is 1. The summed E-state index contributed by atoms with van der Waals surface area (Å²) in [7, 11) is 3.17. The summed E-state index contributed by atoms with van der Waals surface area (Å²) in [5.74, 6) is 2.08. The summed E-state index contributed by atoms with van der Waals surface area (Å²) in [5, 5.41) is 3.28. The van der Waals surface area contributed by atoms with Crippen LogP contribution in [0.15, 0.2) is 34.9 Å². The van der Waals surface area contributed by atoms with Gasteiger partial charge in [-0.05, 0) is 19.1 Å². The highest BCUT2D eigenvalue weighted by Gasteiger charge is 2.13. The Labute approximate surface area is 112 Å². The topological polar surface area (TPSA) is 69.7 Å². The Morgan fingerprint density at radius 2 is 1.89 bits per heavy atom. The second-order valence-electron chi connectivity index (χ2n) is 4.18. The summed E-state index contributed by atoms with van der Waals surface area (Å²) in [6, 6.07) is 7.32. The fourth-order valence-electron chi connectivity index (χ4n) is 1.86. The van der Waals surface area contributed by atoms with Crippen LogP contribution in [0.2, 0.25) is 0 Å². The first-order valence-electron chi connectivity index (χ1n) is 5.97. The van der Waals surface area contributed by atoms with E-state index in [2.05, 4.69) is 5.32 Å². The molecule has 0 bridgehead atoms. The lowest BCUT2D eigenvalue weighted by atomic mass is 10.2. The van der Waals surface area contributed by atoms with Crippen molar-refractivity contribution in [2.24, 2.45) is 0 Å². The predicted octanol–water partition coefficient (Wildman–Crippen LogP) is 3.05. The fourth-order valence-corrected chi connectivity index (χ4v) is 1.86. The van der Waals surface area contributed by atoms with Crippen molar-refractivity contribution in [2.75, 3.05) is 25.3 Å². The van der Waals surface area contributed by atoms with E-state index < -0.39 is 0 Å². The van der Waals surface area contributed by atoms with Gasteiger partial charge in [0.15, 0.2) is 11.5 Å². The van der Waals surface area contributed by atoms with E-state index in [1.165, 1.54) is 0 Å². The third-order valence-corrected chi connectivity index (χ3v) is 2.90. The van der Waals surface area contributed by atoms with Crippen LogP contribution in [0, 0.1) is 0 Å². The molecule has 102 valence electrons. The van der Waals surface area contributed by atoms with Gasteiger partial charge in [0.05, 0.1) is 37.9 Å². The van der Waals surface area contributed by atoms with Gasteiger partial charge in [0.2, 0.25) is 0 Å². The summed E-state index contributed by atoms with van der Waals surface area (Å²) in [6.07, 6.45) is 1.64. The lowest BCUT2D eigenvalue weighted by molar-refractivity contribution is 0.355. The van der Waals surface area contributed by atoms with E-state index in [4.69, 9.17) is 19.6 Å². The normalized spacial score (nSPS) is 11.9. The molecule has 0 saturated carbocycles. The molecule has 0 saturated heterocycles. The number of ether oxygens (including phenoxy) is 2. The monoisotopic (exact) mass is 262 g/mol. The second kappa shape index (κ2) is 5.56. The third-order valence-electron chi connectivity index (χ3n) is 2.90. The number of rotatable bonds is 5. The minimum Gasteiger partial charge on any atom is -0.493 e. The maximum Gasteiger partial charge on any atom is 0.162 e. The van der Waals surface area contributed by atoms with Crippen LogP contribution in [0.5, 0.6) is 11.5 Å². The number of hydrogen-bond donors (Lipinski definition) is 2. The van der Waals surface area contributed by atoms with Crippen LogP contribution in [0.1, 0.15) is 18.7 Å². The Bertz CT molecular complexity index is 538. The van der Waals surface area contributed by atoms with Gasteiger partial charge >= 0.3 is 0 Å². The first kappa shape index (κ1) is 13.1. The minimum atomic E-state index is 0.00963. The molecule has 1 aromatic carbocycles. The Morgan fingerprint density at radius 3 is 2.47 bits per heavy atom. The molecule has 3 N–H and O–H groups in total. The molecule has 1 aromatic heterocycles. The Morgan fingerprint density at radius 1 is 1.21 bits per heavy atom. The van der Waals surface area contributed by atoms with Gasteiger partial charge < -0.3 is 24.9 Å². The molecule has 0 amide bonds. The molecule has 2 aromatic rings. The second-order valence-corrected chi connectivity index (χ2v) is 4.18. The van der Waals surface area contributed by atoms with Crippen LogP contribution >= 0.6 is 0 Å². The molecular weight excluding hydrogens is 244 g/mol. The molecule has 5 heteroatoms. The first-order chi connectivity index (χ1) is 9.15. The SMILES string of the molecule is COc1cc(N)c(NC(C)c2ccco2)cc1OC. The van der Waals surface area contributed by atoms with Crippen LogP contribution in [-0.4, -0.2) is 14.2 Å². The number of anilines is 2. The van der Waals surface area contributed by atoms with Crippen molar-refractivity contribution in [3.05, 3.63) is 36.3 Å². The van der Waals surface area contributed by atoms with Crippen LogP contribution in [0.4, 0.5) is 11.4 Å². The molecule has 0 aliphatic heterocycles. The highest BCUT2D eigenvalue weighted by molar-refractivity contribution is 5.72. The van der Waals surface area contributed by atoms with E-state index in [0.29, 0.717) is 17.2 Å². The largest absolute Gasteiger partial charge is 0.493 e. The number of benzene rings is 1. The fraction of sp³-hybridized carbons (Fsp3) is 0.286. The number of methoxy groups -OCH3 is 2. The van der Waals surface area contributed by atoms with Crippen molar-refractivity contribution in [1.29, 1.82) is 0 Å². The van der Waals surface area contributed by atoms with Gasteiger partial charge in [-0.25, -0.2) is 0 Å². The standard InChI is InChI=1S/C14H18N2O3/c1-9(12-5-4-6-19-12)16-11-8-14(18-3)13(17-2)7-10(11)15/h4-9,16H,15H2,1-3H3. The van der Waals surface area contributed by atoms with Crippen molar-refractivity contribution in [2.45, 2.75) is 13.0 Å². The Balaban J connectivity index is 2.25. The van der Waals surface area contributed by atoms with E-state index >= 15 is 0 Å². The molecule has 1 heterocycles. The zero-order valence-electron chi connectivity index (χ0n) is 11.3. The Kier molecular flexibility index (Phi) is 3.85. The molecule has 1 unspecified atom stereocenters. The highest BCUT2D eigenvalue weighted by atomic mass is 16.5. The highest BCUT2D eigenvalue weighted by Crippen LogP contribution is 2.36. The van der Waals surface area contributed by atoms with E-state index in [-0.39, 0.29) is 6.04 Å². The summed E-state index contributed by atoms with van der Waals surface area (Å²) in [6.45, 7) is 2.00. The Hall–Kier alpha value is -2.30. The van der Waals surface area contributed by atoms with Crippen molar-refractivity contribution in [3.8, 4) is 11.5 Å². The maximum absolute atomic E-state index is 5.99. The molecule has 0 spiro atoms. The van der Waals surface area contributed by atoms with Gasteiger partial charge in [-0.15, -0.1) is 0 Å². The van der Waals surface area contributed by atoms with Crippen molar-refractivity contribution in [1.82, 2.24) is 0 Å². The average Bonchev–Trinajstić information content (AvgIpc) is 2.94. The zero-order valence-corrected chi connectivity index (χ0v) is 11.3. The quantitative estimate of drug-likeness (QED) is 0.810. The lowest BCUT2D eigenvalue weighted by Crippen LogP contribution is -2.08. The molecule has 0 aliphatic rings. The summed E-state index contributed by atoms with van der Waals surface area (Å²) in [5.41, 5.74) is 7.37. The molecule has 19 heavy (non-hydrogen) atoms. The van der Waals surface area contributed by atoms with Crippen molar-refractivity contribution < 1.29 is 13.9 Å². The van der Waals surface area contributed by atoms with Crippen LogP contribution in [0.3, 0.4) is 0 Å². The smallest absolute Gasteiger partial charge is 0.162 e. The molecule has 0 fully saturated rings. The molecule has 2 rings (SSSR count). The van der Waals surface area contributed by atoms with Gasteiger partial charge in [0.1, 0.15) is 5.76 Å². The maximum atomic E-state index is 5.99. The summed E-state index contributed by atoms with van der Waals surface area (Å²) in [4.78, 5) is 0. The number of nitrogen functional groups attached to an aromatic ring is 1. The van der Waals surface area contributed by atoms with E-state index in [0.717, 1.165) is 11.4 Å². The molecule has 5 nitrogen and oxygen atoms in total.